The molecule has 0 aromatic rings. The third kappa shape index (κ3) is 3.41. The number of morpholine rings is 1. The predicted octanol–water partition coefficient (Wildman–Crippen LogP) is -0.0106. The first-order valence-corrected chi connectivity index (χ1v) is 5.99. The Hall–Kier alpha value is -0.160. The molecule has 0 aromatic carbocycles. The number of hydrogen-bond donors (Lipinski definition) is 2. The molecule has 88 valence electrons. The molecule has 3 atom stereocenters. The molecule has 0 aromatic heterocycles. The van der Waals surface area contributed by atoms with E-state index in [-0.39, 0.29) is 0 Å². The molecule has 2 aliphatic rings. The van der Waals surface area contributed by atoms with Gasteiger partial charge in [-0.1, -0.05) is 0 Å². The van der Waals surface area contributed by atoms with E-state index in [4.69, 9.17) is 9.47 Å². The van der Waals surface area contributed by atoms with Gasteiger partial charge in [-0.15, -0.1) is 0 Å². The molecule has 0 spiro atoms. The molecular formula is C11H22N2O2. The van der Waals surface area contributed by atoms with Crippen LogP contribution in [0, 0.1) is 5.92 Å². The number of ether oxygens (including phenoxy) is 2. The molecule has 0 amide bonds. The van der Waals surface area contributed by atoms with Gasteiger partial charge in [0.15, 0.2) is 0 Å². The summed E-state index contributed by atoms with van der Waals surface area (Å²) in [6, 6.07) is 0.483. The highest BCUT2D eigenvalue weighted by molar-refractivity contribution is 4.77. The normalized spacial score (nSPS) is 37.0. The van der Waals surface area contributed by atoms with Crippen molar-refractivity contribution in [2.24, 2.45) is 5.92 Å². The lowest BCUT2D eigenvalue weighted by atomic mass is 10.0. The first-order valence-electron chi connectivity index (χ1n) is 5.99. The molecule has 0 aliphatic carbocycles. The molecule has 4 nitrogen and oxygen atoms in total. The molecule has 2 aliphatic heterocycles. The standard InChI is InChI=1S/C11H22N2O2/c1-9-10(2-4-15-9)6-12-7-11-8-14-5-3-13-11/h9-13H,2-8H2,1H3. The topological polar surface area (TPSA) is 42.5 Å². The Morgan fingerprint density at radius 1 is 1.33 bits per heavy atom. The van der Waals surface area contributed by atoms with E-state index >= 15 is 0 Å². The molecule has 2 saturated heterocycles. The molecule has 4 heteroatoms. The third-order valence-electron chi connectivity index (χ3n) is 3.33. The minimum Gasteiger partial charge on any atom is -0.378 e. The van der Waals surface area contributed by atoms with Crippen LogP contribution in [0.1, 0.15) is 13.3 Å². The van der Waals surface area contributed by atoms with Crippen molar-refractivity contribution in [1.29, 1.82) is 0 Å². The Morgan fingerprint density at radius 3 is 2.93 bits per heavy atom. The Morgan fingerprint density at radius 2 is 2.27 bits per heavy atom. The second kappa shape index (κ2) is 5.80. The predicted molar refractivity (Wildman–Crippen MR) is 59.0 cm³/mol. The largest absolute Gasteiger partial charge is 0.378 e. The van der Waals surface area contributed by atoms with Gasteiger partial charge in [0.1, 0.15) is 0 Å². The molecule has 2 rings (SSSR count). The van der Waals surface area contributed by atoms with Gasteiger partial charge in [-0.2, -0.15) is 0 Å². The number of nitrogens with one attached hydrogen (secondary N) is 2. The second-order valence-corrected chi connectivity index (χ2v) is 4.51. The summed E-state index contributed by atoms with van der Waals surface area (Å²) in [5.41, 5.74) is 0. The van der Waals surface area contributed by atoms with Crippen molar-refractivity contribution in [3.05, 3.63) is 0 Å². The van der Waals surface area contributed by atoms with E-state index in [1.165, 1.54) is 6.42 Å². The van der Waals surface area contributed by atoms with E-state index in [1.807, 2.05) is 0 Å². The second-order valence-electron chi connectivity index (χ2n) is 4.51. The number of hydrogen-bond acceptors (Lipinski definition) is 4. The average molecular weight is 214 g/mol. The minimum absolute atomic E-state index is 0.424. The Bertz CT molecular complexity index is 183. The fourth-order valence-corrected chi connectivity index (χ4v) is 2.24. The minimum atomic E-state index is 0.424. The van der Waals surface area contributed by atoms with Gasteiger partial charge < -0.3 is 20.1 Å². The zero-order valence-electron chi connectivity index (χ0n) is 9.50. The SMILES string of the molecule is CC1OCCC1CNCC1COCCN1. The van der Waals surface area contributed by atoms with Crippen molar-refractivity contribution in [1.82, 2.24) is 10.6 Å². The summed E-state index contributed by atoms with van der Waals surface area (Å²) in [6.45, 7) is 7.84. The molecule has 0 radical (unpaired) electrons. The highest BCUT2D eigenvalue weighted by Gasteiger charge is 2.23. The van der Waals surface area contributed by atoms with Crippen LogP contribution in [0.3, 0.4) is 0 Å². The lowest BCUT2D eigenvalue weighted by Gasteiger charge is -2.25. The van der Waals surface area contributed by atoms with E-state index in [9.17, 15) is 0 Å². The molecule has 15 heavy (non-hydrogen) atoms. The summed E-state index contributed by atoms with van der Waals surface area (Å²) in [6.07, 6.45) is 1.62. The lowest BCUT2D eigenvalue weighted by molar-refractivity contribution is 0.0752. The van der Waals surface area contributed by atoms with Crippen molar-refractivity contribution in [3.8, 4) is 0 Å². The van der Waals surface area contributed by atoms with Crippen molar-refractivity contribution < 1.29 is 9.47 Å². The van der Waals surface area contributed by atoms with Crippen molar-refractivity contribution >= 4 is 0 Å². The van der Waals surface area contributed by atoms with Crippen molar-refractivity contribution in [3.63, 3.8) is 0 Å². The summed E-state index contributed by atoms with van der Waals surface area (Å²) in [5.74, 6) is 0.689. The van der Waals surface area contributed by atoms with Crippen LogP contribution < -0.4 is 10.6 Å². The van der Waals surface area contributed by atoms with Crippen LogP contribution in [-0.4, -0.2) is 51.6 Å². The summed E-state index contributed by atoms with van der Waals surface area (Å²) < 4.78 is 10.9. The van der Waals surface area contributed by atoms with Gasteiger partial charge in [-0.3, -0.25) is 0 Å². The van der Waals surface area contributed by atoms with Crippen LogP contribution in [0.15, 0.2) is 0 Å². The maximum absolute atomic E-state index is 5.53. The highest BCUT2D eigenvalue weighted by atomic mass is 16.5. The van der Waals surface area contributed by atoms with E-state index in [1.54, 1.807) is 0 Å². The van der Waals surface area contributed by atoms with Gasteiger partial charge in [-0.25, -0.2) is 0 Å². The Kier molecular flexibility index (Phi) is 4.38. The molecule has 0 saturated carbocycles. The third-order valence-corrected chi connectivity index (χ3v) is 3.33. The molecule has 0 bridgehead atoms. The lowest BCUT2D eigenvalue weighted by Crippen LogP contribution is -2.48. The maximum atomic E-state index is 5.53. The van der Waals surface area contributed by atoms with Gasteiger partial charge in [0, 0.05) is 32.3 Å². The molecule has 3 unspecified atom stereocenters. The van der Waals surface area contributed by atoms with Crippen molar-refractivity contribution in [2.75, 3.05) is 39.5 Å². The Labute approximate surface area is 91.7 Å². The van der Waals surface area contributed by atoms with Gasteiger partial charge >= 0.3 is 0 Å². The fraction of sp³-hybridized carbons (Fsp3) is 1.00. The van der Waals surface area contributed by atoms with Gasteiger partial charge in [0.2, 0.25) is 0 Å². The molecule has 2 fully saturated rings. The van der Waals surface area contributed by atoms with Gasteiger partial charge in [-0.05, 0) is 19.3 Å². The summed E-state index contributed by atoms with van der Waals surface area (Å²) in [7, 11) is 0. The quantitative estimate of drug-likeness (QED) is 0.691. The van der Waals surface area contributed by atoms with E-state index in [0.717, 1.165) is 39.5 Å². The zero-order chi connectivity index (χ0) is 10.5. The first-order chi connectivity index (χ1) is 7.36. The van der Waals surface area contributed by atoms with E-state index in [0.29, 0.717) is 18.1 Å². The molecule has 2 N–H and O–H groups in total. The first kappa shape index (κ1) is 11.3. The van der Waals surface area contributed by atoms with Crippen molar-refractivity contribution in [2.45, 2.75) is 25.5 Å². The van der Waals surface area contributed by atoms with Gasteiger partial charge in [0.05, 0.1) is 19.3 Å². The number of rotatable bonds is 4. The Balaban J connectivity index is 1.57. The van der Waals surface area contributed by atoms with E-state index in [2.05, 4.69) is 17.6 Å². The van der Waals surface area contributed by atoms with Crippen LogP contribution in [0.5, 0.6) is 0 Å². The monoisotopic (exact) mass is 214 g/mol. The summed E-state index contributed by atoms with van der Waals surface area (Å²) in [5, 5.41) is 6.94. The maximum Gasteiger partial charge on any atom is 0.0632 e. The zero-order valence-corrected chi connectivity index (χ0v) is 9.50. The summed E-state index contributed by atoms with van der Waals surface area (Å²) >= 11 is 0. The average Bonchev–Trinajstić information content (AvgIpc) is 2.66. The summed E-state index contributed by atoms with van der Waals surface area (Å²) in [4.78, 5) is 0. The fourth-order valence-electron chi connectivity index (χ4n) is 2.24. The van der Waals surface area contributed by atoms with Crippen LogP contribution in [0.4, 0.5) is 0 Å². The van der Waals surface area contributed by atoms with Crippen LogP contribution in [0.25, 0.3) is 0 Å². The smallest absolute Gasteiger partial charge is 0.0632 e. The molecular weight excluding hydrogens is 192 g/mol. The van der Waals surface area contributed by atoms with Crippen LogP contribution >= 0.6 is 0 Å². The molecule has 2 heterocycles. The van der Waals surface area contributed by atoms with Crippen LogP contribution in [0.2, 0.25) is 0 Å². The highest BCUT2D eigenvalue weighted by Crippen LogP contribution is 2.19. The van der Waals surface area contributed by atoms with Crippen LogP contribution in [-0.2, 0) is 9.47 Å². The van der Waals surface area contributed by atoms with E-state index < -0.39 is 0 Å². The van der Waals surface area contributed by atoms with Gasteiger partial charge in [0.25, 0.3) is 0 Å².